The number of hydrogen-bond acceptors (Lipinski definition) is 4. The van der Waals surface area contributed by atoms with Crippen molar-refractivity contribution in [3.8, 4) is 0 Å². The van der Waals surface area contributed by atoms with Crippen molar-refractivity contribution in [3.63, 3.8) is 0 Å². The minimum atomic E-state index is -0.459. The molecule has 0 saturated heterocycles. The van der Waals surface area contributed by atoms with E-state index in [1.807, 2.05) is 0 Å². The van der Waals surface area contributed by atoms with Gasteiger partial charge in [0.15, 0.2) is 0 Å². The van der Waals surface area contributed by atoms with Gasteiger partial charge in [-0.2, -0.15) is 0 Å². The molecule has 0 spiro atoms. The fraction of sp³-hybridized carbons (Fsp3) is 0.619. The van der Waals surface area contributed by atoms with E-state index in [9.17, 15) is 9.59 Å². The van der Waals surface area contributed by atoms with Gasteiger partial charge < -0.3 is 9.47 Å². The summed E-state index contributed by atoms with van der Waals surface area (Å²) in [6.07, 6.45) is 5.31. The zero-order chi connectivity index (χ0) is 18.7. The van der Waals surface area contributed by atoms with Gasteiger partial charge in [0.2, 0.25) is 0 Å². The second-order valence-corrected chi connectivity index (χ2v) is 6.82. The lowest BCUT2D eigenvalue weighted by Gasteiger charge is -2.17. The number of benzene rings is 1. The Labute approximate surface area is 151 Å². The number of esters is 2. The maximum Gasteiger partial charge on any atom is 0.339 e. The summed E-state index contributed by atoms with van der Waals surface area (Å²) in [6.45, 7) is 8.78. The molecule has 1 aromatic carbocycles. The Morgan fingerprint density at radius 2 is 1.48 bits per heavy atom. The van der Waals surface area contributed by atoms with Crippen molar-refractivity contribution in [2.45, 2.75) is 72.3 Å². The molecular formula is C21H32O4. The maximum absolute atomic E-state index is 12.5. The van der Waals surface area contributed by atoms with Crippen LogP contribution >= 0.6 is 0 Å². The summed E-state index contributed by atoms with van der Waals surface area (Å²) in [6, 6.07) is 6.72. The molecule has 0 aliphatic carbocycles. The Morgan fingerprint density at radius 3 is 2.00 bits per heavy atom. The van der Waals surface area contributed by atoms with Gasteiger partial charge in [0.05, 0.1) is 17.7 Å². The average molecular weight is 348 g/mol. The number of carbonyl (C=O) groups is 2. The SMILES string of the molecule is CCCC(CCC)OC(=O)c1ccccc1C(=O)OCCCC(C)C. The third kappa shape index (κ3) is 7.72. The Bertz CT molecular complexity index is 530. The monoisotopic (exact) mass is 348 g/mol. The molecule has 0 bridgehead atoms. The molecule has 0 aliphatic heterocycles. The van der Waals surface area contributed by atoms with Crippen LogP contribution < -0.4 is 0 Å². The van der Waals surface area contributed by atoms with Gasteiger partial charge in [-0.3, -0.25) is 0 Å². The highest BCUT2D eigenvalue weighted by Crippen LogP contribution is 2.17. The number of ether oxygens (including phenoxy) is 2. The molecule has 0 N–H and O–H groups in total. The van der Waals surface area contributed by atoms with Gasteiger partial charge in [-0.1, -0.05) is 52.7 Å². The van der Waals surface area contributed by atoms with Crippen LogP contribution in [0.2, 0.25) is 0 Å². The van der Waals surface area contributed by atoms with Gasteiger partial charge in [0.25, 0.3) is 0 Å². The average Bonchev–Trinajstić information content (AvgIpc) is 2.58. The molecule has 0 aliphatic rings. The Morgan fingerprint density at radius 1 is 0.920 bits per heavy atom. The van der Waals surface area contributed by atoms with E-state index >= 15 is 0 Å². The number of rotatable bonds is 11. The first-order chi connectivity index (χ1) is 12.0. The molecule has 0 unspecified atom stereocenters. The molecule has 0 radical (unpaired) electrons. The molecule has 0 aromatic heterocycles. The first kappa shape index (κ1) is 21.2. The standard InChI is InChI=1S/C21H32O4/c1-5-10-17(11-6-2)25-21(23)19-14-8-7-13-18(19)20(22)24-15-9-12-16(3)4/h7-8,13-14,16-17H,5-6,9-12,15H2,1-4H3. The molecule has 0 atom stereocenters. The van der Waals surface area contributed by atoms with E-state index in [1.54, 1.807) is 24.3 Å². The van der Waals surface area contributed by atoms with Crippen LogP contribution in [0.5, 0.6) is 0 Å². The zero-order valence-electron chi connectivity index (χ0n) is 16.0. The van der Waals surface area contributed by atoms with E-state index in [1.165, 1.54) is 0 Å². The first-order valence-electron chi connectivity index (χ1n) is 9.46. The van der Waals surface area contributed by atoms with Crippen LogP contribution in [0.15, 0.2) is 24.3 Å². The molecule has 0 fully saturated rings. The van der Waals surface area contributed by atoms with Crippen molar-refractivity contribution in [2.24, 2.45) is 5.92 Å². The summed E-state index contributed by atoms with van der Waals surface area (Å²) in [4.78, 5) is 24.8. The van der Waals surface area contributed by atoms with Gasteiger partial charge in [0.1, 0.15) is 6.10 Å². The minimum absolute atomic E-state index is 0.0994. The molecular weight excluding hydrogens is 316 g/mol. The van der Waals surface area contributed by atoms with Crippen LogP contribution in [0.1, 0.15) is 86.9 Å². The van der Waals surface area contributed by atoms with Crippen LogP contribution in [-0.4, -0.2) is 24.6 Å². The van der Waals surface area contributed by atoms with Gasteiger partial charge in [-0.05, 0) is 43.7 Å². The lowest BCUT2D eigenvalue weighted by atomic mass is 10.1. The minimum Gasteiger partial charge on any atom is -0.462 e. The normalized spacial score (nSPS) is 11.0. The maximum atomic E-state index is 12.5. The topological polar surface area (TPSA) is 52.6 Å². The Balaban J connectivity index is 2.74. The molecule has 0 heterocycles. The zero-order valence-corrected chi connectivity index (χ0v) is 16.0. The van der Waals surface area contributed by atoms with Crippen LogP contribution in [-0.2, 0) is 9.47 Å². The van der Waals surface area contributed by atoms with Crippen molar-refractivity contribution < 1.29 is 19.1 Å². The molecule has 140 valence electrons. The number of carbonyl (C=O) groups excluding carboxylic acids is 2. The highest BCUT2D eigenvalue weighted by Gasteiger charge is 2.21. The van der Waals surface area contributed by atoms with Crippen molar-refractivity contribution in [2.75, 3.05) is 6.61 Å². The molecule has 4 heteroatoms. The molecule has 0 saturated carbocycles. The summed E-state index contributed by atoms with van der Waals surface area (Å²) in [5.74, 6) is -0.324. The van der Waals surface area contributed by atoms with Crippen LogP contribution in [0.3, 0.4) is 0 Å². The van der Waals surface area contributed by atoms with E-state index < -0.39 is 11.9 Å². The lowest BCUT2D eigenvalue weighted by molar-refractivity contribution is 0.0249. The molecule has 4 nitrogen and oxygen atoms in total. The van der Waals surface area contributed by atoms with Crippen molar-refractivity contribution in [1.82, 2.24) is 0 Å². The van der Waals surface area contributed by atoms with Crippen molar-refractivity contribution in [1.29, 1.82) is 0 Å². The largest absolute Gasteiger partial charge is 0.462 e. The van der Waals surface area contributed by atoms with E-state index in [-0.39, 0.29) is 17.2 Å². The van der Waals surface area contributed by atoms with E-state index in [2.05, 4.69) is 27.7 Å². The molecule has 1 aromatic rings. The second kappa shape index (κ2) is 11.7. The van der Waals surface area contributed by atoms with Gasteiger partial charge in [0, 0.05) is 0 Å². The smallest absolute Gasteiger partial charge is 0.339 e. The predicted molar refractivity (Wildman–Crippen MR) is 99.8 cm³/mol. The van der Waals surface area contributed by atoms with Gasteiger partial charge in [-0.15, -0.1) is 0 Å². The Hall–Kier alpha value is -1.84. The third-order valence-corrected chi connectivity index (χ3v) is 4.02. The fourth-order valence-corrected chi connectivity index (χ4v) is 2.69. The van der Waals surface area contributed by atoms with Crippen molar-refractivity contribution >= 4 is 11.9 Å². The summed E-state index contributed by atoms with van der Waals surface area (Å²) < 4.78 is 10.9. The van der Waals surface area contributed by atoms with Crippen LogP contribution in [0.25, 0.3) is 0 Å². The van der Waals surface area contributed by atoms with Crippen molar-refractivity contribution in [3.05, 3.63) is 35.4 Å². The second-order valence-electron chi connectivity index (χ2n) is 6.82. The lowest BCUT2D eigenvalue weighted by Crippen LogP contribution is -2.20. The van der Waals surface area contributed by atoms with E-state index in [4.69, 9.17) is 9.47 Å². The molecule has 0 amide bonds. The quantitative estimate of drug-likeness (QED) is 0.396. The summed E-state index contributed by atoms with van der Waals surface area (Å²) in [7, 11) is 0. The highest BCUT2D eigenvalue weighted by molar-refractivity contribution is 6.03. The molecule has 25 heavy (non-hydrogen) atoms. The number of hydrogen-bond donors (Lipinski definition) is 0. The van der Waals surface area contributed by atoms with Gasteiger partial charge >= 0.3 is 11.9 Å². The van der Waals surface area contributed by atoms with Gasteiger partial charge in [-0.25, -0.2) is 9.59 Å². The third-order valence-electron chi connectivity index (χ3n) is 4.02. The fourth-order valence-electron chi connectivity index (χ4n) is 2.69. The molecule has 1 rings (SSSR count). The first-order valence-corrected chi connectivity index (χ1v) is 9.46. The predicted octanol–water partition coefficient (Wildman–Crippen LogP) is 5.41. The summed E-state index contributed by atoms with van der Waals surface area (Å²) in [5.41, 5.74) is 0.567. The van der Waals surface area contributed by atoms with E-state index in [0.29, 0.717) is 12.5 Å². The Kier molecular flexibility index (Phi) is 9.90. The summed E-state index contributed by atoms with van der Waals surface area (Å²) in [5, 5.41) is 0. The highest BCUT2D eigenvalue weighted by atomic mass is 16.5. The van der Waals surface area contributed by atoms with Crippen LogP contribution in [0.4, 0.5) is 0 Å². The van der Waals surface area contributed by atoms with E-state index in [0.717, 1.165) is 38.5 Å². The van der Waals surface area contributed by atoms with Crippen LogP contribution in [0, 0.1) is 5.92 Å². The summed E-state index contributed by atoms with van der Waals surface area (Å²) >= 11 is 0.